The summed E-state index contributed by atoms with van der Waals surface area (Å²) in [5.41, 5.74) is 1.90. The van der Waals surface area contributed by atoms with Gasteiger partial charge in [0.05, 0.1) is 25.2 Å². The van der Waals surface area contributed by atoms with E-state index in [1.807, 2.05) is 61.5 Å². The maximum absolute atomic E-state index is 12.2. The molecule has 1 aliphatic heterocycles. The minimum absolute atomic E-state index is 0.0322. The van der Waals surface area contributed by atoms with Crippen LogP contribution in [0.5, 0.6) is 0 Å². The van der Waals surface area contributed by atoms with Crippen molar-refractivity contribution in [2.75, 3.05) is 6.61 Å². The van der Waals surface area contributed by atoms with E-state index in [1.165, 1.54) is 0 Å². The lowest BCUT2D eigenvalue weighted by Gasteiger charge is -2.35. The molecule has 1 aliphatic rings. The van der Waals surface area contributed by atoms with Crippen molar-refractivity contribution in [2.24, 2.45) is 0 Å². The summed E-state index contributed by atoms with van der Waals surface area (Å²) in [5, 5.41) is 3.66. The summed E-state index contributed by atoms with van der Waals surface area (Å²) in [6, 6.07) is 16.9. The molecule has 0 bridgehead atoms. The lowest BCUT2D eigenvalue weighted by molar-refractivity contribution is -0.224. The Morgan fingerprint density at radius 1 is 1.17 bits per heavy atom. The van der Waals surface area contributed by atoms with Gasteiger partial charge in [0.25, 0.3) is 0 Å². The molecule has 1 N–H and O–H groups in total. The fraction of sp³-hybridized carbons (Fsp3) is 0.316. The van der Waals surface area contributed by atoms with Crippen LogP contribution in [0.15, 0.2) is 54.6 Å². The van der Waals surface area contributed by atoms with Crippen LogP contribution in [0, 0.1) is 0 Å². The number of carbonyl (C=O) groups is 1. The van der Waals surface area contributed by atoms with Gasteiger partial charge in [0.1, 0.15) is 0 Å². The fourth-order valence-electron chi connectivity index (χ4n) is 2.65. The van der Waals surface area contributed by atoms with Gasteiger partial charge in [-0.2, -0.15) is 0 Å². The molecule has 1 heterocycles. The summed E-state index contributed by atoms with van der Waals surface area (Å²) in [6.07, 6.45) is -0.219. The smallest absolute Gasteiger partial charge is 0.224 e. The number of hydrogen-bond acceptors (Lipinski definition) is 3. The third-order valence-corrected chi connectivity index (χ3v) is 4.28. The van der Waals surface area contributed by atoms with E-state index in [2.05, 4.69) is 5.32 Å². The van der Waals surface area contributed by atoms with E-state index in [4.69, 9.17) is 21.1 Å². The van der Waals surface area contributed by atoms with Crippen molar-refractivity contribution in [3.8, 4) is 0 Å². The average Bonchev–Trinajstić information content (AvgIpc) is 2.58. The SMILES string of the molecule is C[C@@H]1O[C@@H](c2ccc(Cl)cc2)OC[C@H]1NC(=O)Cc1ccccc1. The summed E-state index contributed by atoms with van der Waals surface area (Å²) < 4.78 is 11.7. The molecule has 2 aromatic rings. The number of halogens is 1. The first-order valence-electron chi connectivity index (χ1n) is 7.97. The zero-order valence-corrected chi connectivity index (χ0v) is 14.2. The summed E-state index contributed by atoms with van der Waals surface area (Å²) in [6.45, 7) is 2.36. The third kappa shape index (κ3) is 4.35. The molecule has 3 atom stereocenters. The van der Waals surface area contributed by atoms with Crippen molar-refractivity contribution in [3.63, 3.8) is 0 Å². The monoisotopic (exact) mass is 345 g/mol. The number of carbonyl (C=O) groups excluding carboxylic acids is 1. The van der Waals surface area contributed by atoms with Crippen molar-refractivity contribution in [2.45, 2.75) is 31.8 Å². The van der Waals surface area contributed by atoms with Crippen LogP contribution in [-0.4, -0.2) is 24.7 Å². The molecule has 24 heavy (non-hydrogen) atoms. The highest BCUT2D eigenvalue weighted by atomic mass is 35.5. The second kappa shape index (κ2) is 7.79. The number of hydrogen-bond donors (Lipinski definition) is 1. The van der Waals surface area contributed by atoms with Crippen LogP contribution >= 0.6 is 11.6 Å². The van der Waals surface area contributed by atoms with Crippen LogP contribution < -0.4 is 5.32 Å². The number of ether oxygens (including phenoxy) is 2. The average molecular weight is 346 g/mol. The largest absolute Gasteiger partial charge is 0.348 e. The topological polar surface area (TPSA) is 47.6 Å². The molecule has 0 saturated carbocycles. The molecule has 1 saturated heterocycles. The third-order valence-electron chi connectivity index (χ3n) is 4.03. The van der Waals surface area contributed by atoms with Crippen molar-refractivity contribution < 1.29 is 14.3 Å². The number of amides is 1. The number of nitrogens with one attached hydrogen (secondary N) is 1. The molecule has 126 valence electrons. The second-order valence-electron chi connectivity index (χ2n) is 5.89. The van der Waals surface area contributed by atoms with Gasteiger partial charge in [-0.15, -0.1) is 0 Å². The lowest BCUT2D eigenvalue weighted by Crippen LogP contribution is -2.50. The molecule has 3 rings (SSSR count). The first-order valence-corrected chi connectivity index (χ1v) is 8.35. The Kier molecular flexibility index (Phi) is 5.51. The molecule has 0 aliphatic carbocycles. The van der Waals surface area contributed by atoms with Crippen LogP contribution in [0.25, 0.3) is 0 Å². The summed E-state index contributed by atoms with van der Waals surface area (Å²) in [5.74, 6) is -0.0322. The van der Waals surface area contributed by atoms with Crippen LogP contribution in [0.2, 0.25) is 5.02 Å². The Bertz CT molecular complexity index is 675. The first-order chi connectivity index (χ1) is 11.6. The fourth-order valence-corrected chi connectivity index (χ4v) is 2.77. The Morgan fingerprint density at radius 2 is 1.88 bits per heavy atom. The van der Waals surface area contributed by atoms with Crippen molar-refractivity contribution in [3.05, 3.63) is 70.7 Å². The van der Waals surface area contributed by atoms with Gasteiger partial charge in [-0.3, -0.25) is 4.79 Å². The lowest BCUT2D eigenvalue weighted by atomic mass is 10.1. The summed E-state index contributed by atoms with van der Waals surface area (Å²) >= 11 is 5.90. The molecule has 1 fully saturated rings. The second-order valence-corrected chi connectivity index (χ2v) is 6.33. The highest BCUT2D eigenvalue weighted by molar-refractivity contribution is 6.30. The van der Waals surface area contributed by atoms with E-state index >= 15 is 0 Å². The standard InChI is InChI=1S/C19H20ClNO3/c1-13-17(21-18(22)11-14-5-3-2-4-6-14)12-23-19(24-13)15-7-9-16(20)10-8-15/h2-10,13,17,19H,11-12H2,1H3,(H,21,22)/t13-,17+,19-/m0/s1. The normalized spacial score (nSPS) is 23.7. The van der Waals surface area contributed by atoms with E-state index in [-0.39, 0.29) is 18.1 Å². The molecule has 1 amide bonds. The van der Waals surface area contributed by atoms with E-state index in [0.717, 1.165) is 11.1 Å². The molecule has 0 spiro atoms. The summed E-state index contributed by atoms with van der Waals surface area (Å²) in [7, 11) is 0. The van der Waals surface area contributed by atoms with Gasteiger partial charge >= 0.3 is 0 Å². The predicted molar refractivity (Wildman–Crippen MR) is 92.8 cm³/mol. The Hall–Kier alpha value is -1.88. The van der Waals surface area contributed by atoms with Gasteiger partial charge in [0.15, 0.2) is 6.29 Å². The van der Waals surface area contributed by atoms with Gasteiger partial charge in [-0.05, 0) is 24.6 Å². The highest BCUT2D eigenvalue weighted by Crippen LogP contribution is 2.27. The number of rotatable bonds is 4. The minimum atomic E-state index is -0.431. The first kappa shape index (κ1) is 17.0. The van der Waals surface area contributed by atoms with Crippen LogP contribution in [0.3, 0.4) is 0 Å². The van der Waals surface area contributed by atoms with Crippen LogP contribution in [0.1, 0.15) is 24.3 Å². The van der Waals surface area contributed by atoms with Gasteiger partial charge in [0, 0.05) is 10.6 Å². The zero-order valence-electron chi connectivity index (χ0n) is 13.4. The number of benzene rings is 2. The Morgan fingerprint density at radius 3 is 2.54 bits per heavy atom. The zero-order chi connectivity index (χ0) is 16.9. The van der Waals surface area contributed by atoms with Crippen LogP contribution in [-0.2, 0) is 20.7 Å². The van der Waals surface area contributed by atoms with E-state index < -0.39 is 6.29 Å². The molecule has 0 unspecified atom stereocenters. The van der Waals surface area contributed by atoms with Gasteiger partial charge in [-0.25, -0.2) is 0 Å². The Labute approximate surface area is 146 Å². The van der Waals surface area contributed by atoms with Gasteiger partial charge < -0.3 is 14.8 Å². The van der Waals surface area contributed by atoms with Crippen molar-refractivity contribution in [1.82, 2.24) is 5.32 Å². The maximum Gasteiger partial charge on any atom is 0.224 e. The molecular formula is C19H20ClNO3. The maximum atomic E-state index is 12.2. The van der Waals surface area contributed by atoms with E-state index in [1.54, 1.807) is 0 Å². The predicted octanol–water partition coefficient (Wildman–Crippen LogP) is 3.50. The van der Waals surface area contributed by atoms with Gasteiger partial charge in [0.2, 0.25) is 5.91 Å². The van der Waals surface area contributed by atoms with Gasteiger partial charge in [-0.1, -0.05) is 54.1 Å². The Balaban J connectivity index is 1.54. The highest BCUT2D eigenvalue weighted by Gasteiger charge is 2.30. The molecule has 4 nitrogen and oxygen atoms in total. The van der Waals surface area contributed by atoms with Crippen molar-refractivity contribution >= 4 is 17.5 Å². The quantitative estimate of drug-likeness (QED) is 0.922. The molecule has 0 aromatic heterocycles. The molecule has 5 heteroatoms. The molecular weight excluding hydrogens is 326 g/mol. The van der Waals surface area contributed by atoms with Crippen molar-refractivity contribution in [1.29, 1.82) is 0 Å². The van der Waals surface area contributed by atoms with E-state index in [0.29, 0.717) is 18.1 Å². The molecule has 2 aromatic carbocycles. The van der Waals surface area contributed by atoms with Crippen LogP contribution in [0.4, 0.5) is 0 Å². The summed E-state index contributed by atoms with van der Waals surface area (Å²) in [4.78, 5) is 12.2. The molecule has 0 radical (unpaired) electrons. The minimum Gasteiger partial charge on any atom is -0.348 e. The van der Waals surface area contributed by atoms with E-state index in [9.17, 15) is 4.79 Å².